The van der Waals surface area contributed by atoms with Crippen molar-refractivity contribution in [1.82, 2.24) is 10.2 Å². The fourth-order valence-electron chi connectivity index (χ4n) is 3.57. The Bertz CT molecular complexity index is 938. The Morgan fingerprint density at radius 2 is 1.93 bits per heavy atom. The standard InChI is InChI=1S/C23H27N3O4/c1-15-6-4-5-7-20(15)17-8-10-18(11-9-17)23(29)26-14-19(25-30-3)12-21(26)22(28)24-13-16(2)27/h4-11,16,21,27H,12-14H2,1-3H3,(H,24,28)/b25-19-/t16?,21-/m0/s1. The fourth-order valence-corrected chi connectivity index (χ4v) is 3.57. The topological polar surface area (TPSA) is 91.2 Å². The average molecular weight is 409 g/mol. The molecule has 2 aromatic carbocycles. The van der Waals surface area contributed by atoms with Crippen LogP contribution >= 0.6 is 0 Å². The highest BCUT2D eigenvalue weighted by Gasteiger charge is 2.38. The predicted molar refractivity (Wildman–Crippen MR) is 115 cm³/mol. The van der Waals surface area contributed by atoms with Crippen LogP contribution in [-0.4, -0.2) is 59.9 Å². The number of rotatable bonds is 6. The second-order valence-electron chi connectivity index (χ2n) is 7.48. The highest BCUT2D eigenvalue weighted by molar-refractivity contribution is 6.05. The summed E-state index contributed by atoms with van der Waals surface area (Å²) in [7, 11) is 1.43. The van der Waals surface area contributed by atoms with E-state index in [1.807, 2.05) is 43.3 Å². The third kappa shape index (κ3) is 4.86. The van der Waals surface area contributed by atoms with Crippen LogP contribution in [0.4, 0.5) is 0 Å². The van der Waals surface area contributed by atoms with Crippen LogP contribution in [0.1, 0.15) is 29.3 Å². The lowest BCUT2D eigenvalue weighted by Crippen LogP contribution is -2.47. The maximum Gasteiger partial charge on any atom is 0.254 e. The van der Waals surface area contributed by atoms with Crippen LogP contribution in [0.2, 0.25) is 0 Å². The zero-order chi connectivity index (χ0) is 21.7. The molecule has 30 heavy (non-hydrogen) atoms. The summed E-state index contributed by atoms with van der Waals surface area (Å²) in [6.45, 7) is 3.98. The number of likely N-dealkylation sites (tertiary alicyclic amines) is 1. The van der Waals surface area contributed by atoms with Crippen LogP contribution in [0.15, 0.2) is 53.7 Å². The van der Waals surface area contributed by atoms with Gasteiger partial charge < -0.3 is 20.2 Å². The van der Waals surface area contributed by atoms with Crippen molar-refractivity contribution in [3.63, 3.8) is 0 Å². The van der Waals surface area contributed by atoms with Crippen molar-refractivity contribution in [3.05, 3.63) is 59.7 Å². The lowest BCUT2D eigenvalue weighted by atomic mass is 9.99. The van der Waals surface area contributed by atoms with Crippen molar-refractivity contribution in [2.24, 2.45) is 5.16 Å². The molecule has 7 nitrogen and oxygen atoms in total. The first-order valence-electron chi connectivity index (χ1n) is 9.92. The Balaban J connectivity index is 1.81. The maximum absolute atomic E-state index is 13.2. The van der Waals surface area contributed by atoms with Crippen LogP contribution in [0.5, 0.6) is 0 Å². The first-order chi connectivity index (χ1) is 14.4. The average Bonchev–Trinajstić information content (AvgIpc) is 3.16. The number of carbonyl (C=O) groups excluding carboxylic acids is 2. The van der Waals surface area contributed by atoms with Crippen molar-refractivity contribution in [2.45, 2.75) is 32.4 Å². The van der Waals surface area contributed by atoms with E-state index in [0.29, 0.717) is 17.7 Å². The van der Waals surface area contributed by atoms with Gasteiger partial charge in [-0.1, -0.05) is 41.6 Å². The number of amides is 2. The predicted octanol–water partition coefficient (Wildman–Crippen LogP) is 2.38. The van der Waals surface area contributed by atoms with Gasteiger partial charge in [0.1, 0.15) is 13.2 Å². The summed E-state index contributed by atoms with van der Waals surface area (Å²) in [5.74, 6) is -0.563. The van der Waals surface area contributed by atoms with Gasteiger partial charge in [0, 0.05) is 18.5 Å². The smallest absolute Gasteiger partial charge is 0.254 e. The van der Waals surface area contributed by atoms with Crippen molar-refractivity contribution in [1.29, 1.82) is 0 Å². The zero-order valence-corrected chi connectivity index (χ0v) is 17.5. The van der Waals surface area contributed by atoms with Crippen molar-refractivity contribution >= 4 is 17.5 Å². The van der Waals surface area contributed by atoms with Gasteiger partial charge in [-0.15, -0.1) is 0 Å². The summed E-state index contributed by atoms with van der Waals surface area (Å²) in [5.41, 5.74) is 4.42. The quantitative estimate of drug-likeness (QED) is 0.717. The summed E-state index contributed by atoms with van der Waals surface area (Å²) >= 11 is 0. The molecule has 1 aliphatic rings. The van der Waals surface area contributed by atoms with E-state index in [4.69, 9.17) is 4.84 Å². The summed E-state index contributed by atoms with van der Waals surface area (Å²) in [6, 6.07) is 14.8. The molecular formula is C23H27N3O4. The molecule has 0 aromatic heterocycles. The molecule has 2 aromatic rings. The van der Waals surface area contributed by atoms with Gasteiger partial charge in [0.15, 0.2) is 0 Å². The van der Waals surface area contributed by atoms with Gasteiger partial charge in [0.05, 0.1) is 18.4 Å². The van der Waals surface area contributed by atoms with Gasteiger partial charge in [0.25, 0.3) is 5.91 Å². The molecule has 0 radical (unpaired) electrons. The summed E-state index contributed by atoms with van der Waals surface area (Å²) in [4.78, 5) is 32.1. The maximum atomic E-state index is 13.2. The number of nitrogens with one attached hydrogen (secondary N) is 1. The van der Waals surface area contributed by atoms with Crippen LogP contribution in [0.3, 0.4) is 0 Å². The molecule has 3 rings (SSSR count). The number of benzene rings is 2. The summed E-state index contributed by atoms with van der Waals surface area (Å²) in [6.07, 6.45) is -0.368. The molecule has 2 amide bonds. The number of oxime groups is 1. The molecule has 7 heteroatoms. The van der Waals surface area contributed by atoms with Crippen LogP contribution in [0.25, 0.3) is 11.1 Å². The molecule has 2 atom stereocenters. The number of hydrogen-bond acceptors (Lipinski definition) is 5. The highest BCUT2D eigenvalue weighted by Crippen LogP contribution is 2.25. The third-order valence-electron chi connectivity index (χ3n) is 5.10. The first kappa shape index (κ1) is 21.5. The number of carbonyl (C=O) groups is 2. The van der Waals surface area contributed by atoms with Gasteiger partial charge in [-0.3, -0.25) is 9.59 Å². The summed E-state index contributed by atoms with van der Waals surface area (Å²) < 4.78 is 0. The minimum atomic E-state index is -0.693. The Morgan fingerprint density at radius 3 is 2.57 bits per heavy atom. The number of aryl methyl sites for hydroxylation is 1. The van der Waals surface area contributed by atoms with Gasteiger partial charge in [-0.05, 0) is 42.7 Å². The molecule has 0 bridgehead atoms. The van der Waals surface area contributed by atoms with E-state index < -0.39 is 12.1 Å². The Morgan fingerprint density at radius 1 is 1.23 bits per heavy atom. The van der Waals surface area contributed by atoms with E-state index >= 15 is 0 Å². The van der Waals surface area contributed by atoms with E-state index in [9.17, 15) is 14.7 Å². The SMILES string of the molecule is CO/N=C1/C[C@@H](C(=O)NCC(C)O)N(C(=O)c2ccc(-c3ccccc3C)cc2)C1. The molecule has 1 fully saturated rings. The van der Waals surface area contributed by atoms with E-state index in [-0.39, 0.29) is 24.9 Å². The van der Waals surface area contributed by atoms with E-state index in [1.165, 1.54) is 12.0 Å². The number of hydrogen-bond donors (Lipinski definition) is 2. The van der Waals surface area contributed by atoms with E-state index in [0.717, 1.165) is 16.7 Å². The third-order valence-corrected chi connectivity index (χ3v) is 5.10. The zero-order valence-electron chi connectivity index (χ0n) is 17.5. The van der Waals surface area contributed by atoms with Crippen LogP contribution < -0.4 is 5.32 Å². The molecule has 1 unspecified atom stereocenters. The minimum absolute atomic E-state index is 0.124. The molecule has 0 aliphatic carbocycles. The van der Waals surface area contributed by atoms with Gasteiger partial charge >= 0.3 is 0 Å². The summed E-state index contributed by atoms with van der Waals surface area (Å²) in [5, 5.41) is 16.0. The Hall–Kier alpha value is -3.19. The number of nitrogens with zero attached hydrogens (tertiary/aromatic N) is 2. The monoisotopic (exact) mass is 409 g/mol. The molecule has 1 heterocycles. The Kier molecular flexibility index (Phi) is 6.84. The molecule has 2 N–H and O–H groups in total. The molecule has 0 spiro atoms. The number of aliphatic hydroxyl groups is 1. The lowest BCUT2D eigenvalue weighted by Gasteiger charge is -2.23. The van der Waals surface area contributed by atoms with Crippen LogP contribution in [0, 0.1) is 6.92 Å². The minimum Gasteiger partial charge on any atom is -0.399 e. The van der Waals surface area contributed by atoms with Crippen molar-refractivity contribution in [3.8, 4) is 11.1 Å². The molecule has 1 aliphatic heterocycles. The largest absolute Gasteiger partial charge is 0.399 e. The van der Waals surface area contributed by atoms with Gasteiger partial charge in [-0.25, -0.2) is 0 Å². The van der Waals surface area contributed by atoms with Crippen molar-refractivity contribution < 1.29 is 19.5 Å². The fraction of sp³-hybridized carbons (Fsp3) is 0.348. The molecular weight excluding hydrogens is 382 g/mol. The second kappa shape index (κ2) is 9.54. The van der Waals surface area contributed by atoms with Gasteiger partial charge in [0.2, 0.25) is 5.91 Å². The second-order valence-corrected chi connectivity index (χ2v) is 7.48. The molecule has 1 saturated heterocycles. The first-order valence-corrected chi connectivity index (χ1v) is 9.92. The Labute approximate surface area is 176 Å². The molecule has 0 saturated carbocycles. The normalized spacial score (nSPS) is 18.3. The molecule has 158 valence electrons. The van der Waals surface area contributed by atoms with Crippen molar-refractivity contribution in [2.75, 3.05) is 20.2 Å². The van der Waals surface area contributed by atoms with E-state index in [2.05, 4.69) is 10.5 Å². The van der Waals surface area contributed by atoms with Gasteiger partial charge in [-0.2, -0.15) is 0 Å². The highest BCUT2D eigenvalue weighted by atomic mass is 16.6. The number of aliphatic hydroxyl groups excluding tert-OH is 1. The van der Waals surface area contributed by atoms with E-state index in [1.54, 1.807) is 19.1 Å². The lowest BCUT2D eigenvalue weighted by molar-refractivity contribution is -0.125. The van der Waals surface area contributed by atoms with Crippen LogP contribution in [-0.2, 0) is 9.63 Å².